The summed E-state index contributed by atoms with van der Waals surface area (Å²) in [5.41, 5.74) is 0.764. The minimum Gasteiger partial charge on any atom is -0.354 e. The zero-order chi connectivity index (χ0) is 16.2. The van der Waals surface area contributed by atoms with Crippen molar-refractivity contribution in [2.45, 2.75) is 25.4 Å². The molecule has 0 unspecified atom stereocenters. The van der Waals surface area contributed by atoms with Crippen LogP contribution in [0.15, 0.2) is 36.8 Å². The molecule has 0 radical (unpaired) electrons. The van der Waals surface area contributed by atoms with Gasteiger partial charge in [0.25, 0.3) is 11.8 Å². The fourth-order valence-electron chi connectivity index (χ4n) is 2.73. The van der Waals surface area contributed by atoms with Gasteiger partial charge in [-0.3, -0.25) is 19.3 Å². The van der Waals surface area contributed by atoms with Gasteiger partial charge in [-0.2, -0.15) is 5.10 Å². The van der Waals surface area contributed by atoms with E-state index in [1.165, 1.54) is 6.20 Å². The van der Waals surface area contributed by atoms with Crippen molar-refractivity contribution in [2.24, 2.45) is 5.92 Å². The number of carbonyl (C=O) groups excluding carboxylic acids is 2. The van der Waals surface area contributed by atoms with Crippen LogP contribution in [0.5, 0.6) is 0 Å². The molecule has 2 aromatic rings. The predicted octanol–water partition coefficient (Wildman–Crippen LogP) is 0.846. The van der Waals surface area contributed by atoms with Crippen LogP contribution in [0.1, 0.15) is 33.7 Å². The summed E-state index contributed by atoms with van der Waals surface area (Å²) in [6.07, 6.45) is 7.06. The molecule has 2 amide bonds. The minimum absolute atomic E-state index is 0.150. The second-order valence-electron chi connectivity index (χ2n) is 5.75. The summed E-state index contributed by atoms with van der Waals surface area (Å²) in [5, 5.41) is 9.68. The van der Waals surface area contributed by atoms with Gasteiger partial charge in [0, 0.05) is 38.2 Å². The van der Waals surface area contributed by atoms with E-state index in [9.17, 15) is 9.59 Å². The lowest BCUT2D eigenvalue weighted by atomic mass is 9.80. The third-order valence-corrected chi connectivity index (χ3v) is 4.06. The lowest BCUT2D eigenvalue weighted by molar-refractivity contribution is 0.0877. The molecule has 2 heterocycles. The van der Waals surface area contributed by atoms with Crippen LogP contribution in [0, 0.1) is 5.92 Å². The zero-order valence-corrected chi connectivity index (χ0v) is 12.9. The highest BCUT2D eigenvalue weighted by Crippen LogP contribution is 2.28. The first-order chi connectivity index (χ1) is 11.2. The first kappa shape index (κ1) is 15.2. The molecule has 7 nitrogen and oxygen atoms in total. The SMILES string of the molecule is CNC(=O)c1ccc(C(=O)NC2CC(Cn3cccn3)C2)cn1. The molecule has 120 valence electrons. The van der Waals surface area contributed by atoms with Crippen molar-refractivity contribution in [1.29, 1.82) is 0 Å². The van der Waals surface area contributed by atoms with Gasteiger partial charge in [-0.25, -0.2) is 0 Å². The number of nitrogens with zero attached hydrogens (tertiary/aromatic N) is 3. The Bertz CT molecular complexity index is 675. The Morgan fingerprint density at radius 3 is 2.74 bits per heavy atom. The number of hydrogen-bond acceptors (Lipinski definition) is 4. The Morgan fingerprint density at radius 1 is 1.30 bits per heavy atom. The molecule has 0 saturated heterocycles. The molecule has 1 saturated carbocycles. The van der Waals surface area contributed by atoms with Crippen molar-refractivity contribution in [3.63, 3.8) is 0 Å². The Kier molecular flexibility index (Phi) is 4.36. The summed E-state index contributed by atoms with van der Waals surface area (Å²) in [5.74, 6) is 0.134. The third-order valence-electron chi connectivity index (χ3n) is 4.06. The monoisotopic (exact) mass is 313 g/mol. The van der Waals surface area contributed by atoms with E-state index in [-0.39, 0.29) is 17.9 Å². The summed E-state index contributed by atoms with van der Waals surface area (Å²) in [7, 11) is 1.54. The highest BCUT2D eigenvalue weighted by atomic mass is 16.2. The van der Waals surface area contributed by atoms with Gasteiger partial charge in [0.15, 0.2) is 0 Å². The van der Waals surface area contributed by atoms with Gasteiger partial charge in [-0.05, 0) is 37.0 Å². The fraction of sp³-hybridized carbons (Fsp3) is 0.375. The second-order valence-corrected chi connectivity index (χ2v) is 5.75. The number of carbonyl (C=O) groups is 2. The summed E-state index contributed by atoms with van der Waals surface area (Å²) in [6, 6.07) is 5.27. The van der Waals surface area contributed by atoms with Crippen molar-refractivity contribution < 1.29 is 9.59 Å². The minimum atomic E-state index is -0.266. The van der Waals surface area contributed by atoms with Gasteiger partial charge < -0.3 is 10.6 Å². The van der Waals surface area contributed by atoms with E-state index < -0.39 is 0 Å². The van der Waals surface area contributed by atoms with Crippen LogP contribution >= 0.6 is 0 Å². The van der Waals surface area contributed by atoms with Crippen LogP contribution in [0.2, 0.25) is 0 Å². The third kappa shape index (κ3) is 3.56. The summed E-state index contributed by atoms with van der Waals surface area (Å²) in [6.45, 7) is 0.891. The number of hydrogen-bond donors (Lipinski definition) is 2. The standard InChI is InChI=1S/C16H19N5O2/c1-17-16(23)14-4-3-12(9-18-14)15(22)20-13-7-11(8-13)10-21-6-2-5-19-21/h2-6,9,11,13H,7-8,10H2,1H3,(H,17,23)(H,20,22). The van der Waals surface area contributed by atoms with Gasteiger partial charge in [-0.15, -0.1) is 0 Å². The van der Waals surface area contributed by atoms with Gasteiger partial charge in [0.2, 0.25) is 0 Å². The Hall–Kier alpha value is -2.70. The number of aromatic nitrogens is 3. The first-order valence-electron chi connectivity index (χ1n) is 7.62. The van der Waals surface area contributed by atoms with Gasteiger partial charge >= 0.3 is 0 Å². The molecule has 3 rings (SSSR count). The van der Waals surface area contributed by atoms with Crippen LogP contribution in [0.3, 0.4) is 0 Å². The number of pyridine rings is 1. The molecule has 23 heavy (non-hydrogen) atoms. The first-order valence-corrected chi connectivity index (χ1v) is 7.62. The van der Waals surface area contributed by atoms with Crippen LogP contribution in [-0.4, -0.2) is 39.7 Å². The molecule has 0 spiro atoms. The smallest absolute Gasteiger partial charge is 0.269 e. The van der Waals surface area contributed by atoms with E-state index in [2.05, 4.69) is 20.7 Å². The van der Waals surface area contributed by atoms with Crippen molar-refractivity contribution in [3.05, 3.63) is 48.0 Å². The van der Waals surface area contributed by atoms with E-state index in [1.54, 1.807) is 25.4 Å². The van der Waals surface area contributed by atoms with E-state index in [1.807, 2.05) is 16.9 Å². The molecule has 0 aliphatic heterocycles. The van der Waals surface area contributed by atoms with E-state index in [4.69, 9.17) is 0 Å². The molecule has 2 N–H and O–H groups in total. The average Bonchev–Trinajstić information content (AvgIpc) is 3.05. The van der Waals surface area contributed by atoms with Gasteiger partial charge in [0.05, 0.1) is 5.56 Å². The predicted molar refractivity (Wildman–Crippen MR) is 83.8 cm³/mol. The Balaban J connectivity index is 1.47. The maximum absolute atomic E-state index is 12.2. The second kappa shape index (κ2) is 6.60. The maximum atomic E-state index is 12.2. The topological polar surface area (TPSA) is 88.9 Å². The quantitative estimate of drug-likeness (QED) is 0.856. The molecule has 0 atom stereocenters. The van der Waals surface area contributed by atoms with Crippen molar-refractivity contribution in [2.75, 3.05) is 7.05 Å². The molecule has 2 aromatic heterocycles. The fourth-order valence-corrected chi connectivity index (χ4v) is 2.73. The molecule has 0 bridgehead atoms. The molecule has 0 aromatic carbocycles. The highest BCUT2D eigenvalue weighted by molar-refractivity contribution is 5.96. The molecular formula is C16H19N5O2. The molecule has 1 fully saturated rings. The van der Waals surface area contributed by atoms with Crippen LogP contribution in [0.4, 0.5) is 0 Å². The van der Waals surface area contributed by atoms with Crippen molar-refractivity contribution in [3.8, 4) is 0 Å². The van der Waals surface area contributed by atoms with Gasteiger partial charge in [-0.1, -0.05) is 0 Å². The molecule has 7 heteroatoms. The van der Waals surface area contributed by atoms with Crippen LogP contribution < -0.4 is 10.6 Å². The Labute approximate surface area is 134 Å². The largest absolute Gasteiger partial charge is 0.354 e. The van der Waals surface area contributed by atoms with E-state index in [0.717, 1.165) is 19.4 Å². The van der Waals surface area contributed by atoms with Crippen LogP contribution in [-0.2, 0) is 6.54 Å². The van der Waals surface area contributed by atoms with E-state index >= 15 is 0 Å². The summed E-state index contributed by atoms with van der Waals surface area (Å²) < 4.78 is 1.92. The van der Waals surface area contributed by atoms with Crippen molar-refractivity contribution >= 4 is 11.8 Å². The molecule has 1 aliphatic carbocycles. The number of amides is 2. The maximum Gasteiger partial charge on any atom is 0.269 e. The molecular weight excluding hydrogens is 294 g/mol. The lowest BCUT2D eigenvalue weighted by Gasteiger charge is -2.35. The normalized spacial score (nSPS) is 19.7. The highest BCUT2D eigenvalue weighted by Gasteiger charge is 2.30. The van der Waals surface area contributed by atoms with Crippen molar-refractivity contribution in [1.82, 2.24) is 25.4 Å². The average molecular weight is 313 g/mol. The van der Waals surface area contributed by atoms with Gasteiger partial charge in [0.1, 0.15) is 5.69 Å². The lowest BCUT2D eigenvalue weighted by Crippen LogP contribution is -2.45. The van der Waals surface area contributed by atoms with Crippen LogP contribution in [0.25, 0.3) is 0 Å². The summed E-state index contributed by atoms with van der Waals surface area (Å²) in [4.78, 5) is 27.6. The van der Waals surface area contributed by atoms with E-state index in [0.29, 0.717) is 17.2 Å². The number of rotatable bonds is 5. The molecule has 1 aliphatic rings. The number of nitrogens with one attached hydrogen (secondary N) is 2. The Morgan fingerprint density at radius 2 is 2.13 bits per heavy atom. The summed E-state index contributed by atoms with van der Waals surface area (Å²) >= 11 is 0. The zero-order valence-electron chi connectivity index (χ0n) is 12.9.